The number of methoxy groups -OCH3 is 1. The van der Waals surface area contributed by atoms with E-state index >= 15 is 0 Å². The van der Waals surface area contributed by atoms with E-state index in [2.05, 4.69) is 16.0 Å². The number of hydrogen-bond acceptors (Lipinski definition) is 5. The van der Waals surface area contributed by atoms with E-state index in [9.17, 15) is 10.1 Å². The molecule has 0 aliphatic carbocycles. The Hall–Kier alpha value is -2.13. The molecule has 6 nitrogen and oxygen atoms in total. The highest BCUT2D eigenvalue weighted by Gasteiger charge is 2.41. The molecular formula is C20H28N4O2. The van der Waals surface area contributed by atoms with Crippen molar-refractivity contribution in [3.8, 4) is 6.07 Å². The molecule has 2 saturated heterocycles. The van der Waals surface area contributed by atoms with Crippen LogP contribution < -0.4 is 4.90 Å². The molecule has 140 valence electrons. The maximum absolute atomic E-state index is 12.2. The second kappa shape index (κ2) is 8.05. The average Bonchev–Trinajstić information content (AvgIpc) is 2.65. The van der Waals surface area contributed by atoms with Gasteiger partial charge in [0.15, 0.2) is 0 Å². The van der Waals surface area contributed by atoms with Gasteiger partial charge in [-0.25, -0.2) is 4.98 Å². The van der Waals surface area contributed by atoms with Crippen LogP contribution in [-0.4, -0.2) is 55.7 Å². The Balaban J connectivity index is 1.65. The lowest BCUT2D eigenvalue weighted by Crippen LogP contribution is -2.52. The van der Waals surface area contributed by atoms with Gasteiger partial charge in [-0.05, 0) is 50.2 Å². The molecule has 1 spiro atoms. The Morgan fingerprint density at radius 2 is 2.08 bits per heavy atom. The smallest absolute Gasteiger partial charge is 0.222 e. The zero-order valence-corrected chi connectivity index (χ0v) is 15.8. The van der Waals surface area contributed by atoms with Gasteiger partial charge in [0.25, 0.3) is 0 Å². The molecule has 26 heavy (non-hydrogen) atoms. The second-order valence-corrected chi connectivity index (χ2v) is 7.58. The first-order chi connectivity index (χ1) is 12.6. The molecule has 0 unspecified atom stereocenters. The summed E-state index contributed by atoms with van der Waals surface area (Å²) in [6, 6.07) is 6.01. The van der Waals surface area contributed by atoms with E-state index in [1.165, 1.54) is 0 Å². The number of pyridine rings is 1. The summed E-state index contributed by atoms with van der Waals surface area (Å²) in [6.45, 7) is 6.09. The third-order valence-corrected chi connectivity index (χ3v) is 5.78. The molecule has 0 bridgehead atoms. The number of nitriles is 1. The normalized spacial score (nSPS) is 19.7. The van der Waals surface area contributed by atoms with Crippen molar-refractivity contribution in [2.75, 3.05) is 44.8 Å². The molecule has 2 fully saturated rings. The Morgan fingerprint density at radius 1 is 1.31 bits per heavy atom. The highest BCUT2D eigenvalue weighted by Crippen LogP contribution is 2.41. The SMILES string of the molecule is COCCCN1CC2(CCC1=O)CCN(c1nc(C)ccc1C#N)CC2. The van der Waals surface area contributed by atoms with Crippen LogP contribution in [0.25, 0.3) is 0 Å². The van der Waals surface area contributed by atoms with Crippen molar-refractivity contribution in [3.63, 3.8) is 0 Å². The van der Waals surface area contributed by atoms with Gasteiger partial charge in [-0.2, -0.15) is 5.26 Å². The van der Waals surface area contributed by atoms with E-state index < -0.39 is 0 Å². The Morgan fingerprint density at radius 3 is 2.77 bits per heavy atom. The van der Waals surface area contributed by atoms with Gasteiger partial charge in [0, 0.05) is 52.0 Å². The first-order valence-corrected chi connectivity index (χ1v) is 9.46. The molecule has 1 aromatic heterocycles. The van der Waals surface area contributed by atoms with Gasteiger partial charge in [0.1, 0.15) is 11.9 Å². The summed E-state index contributed by atoms with van der Waals surface area (Å²) >= 11 is 0. The molecule has 0 aromatic carbocycles. The van der Waals surface area contributed by atoms with Crippen LogP contribution in [0.3, 0.4) is 0 Å². The van der Waals surface area contributed by atoms with Gasteiger partial charge in [0.2, 0.25) is 5.91 Å². The van der Waals surface area contributed by atoms with E-state index in [-0.39, 0.29) is 11.3 Å². The van der Waals surface area contributed by atoms with Crippen molar-refractivity contribution >= 4 is 11.7 Å². The van der Waals surface area contributed by atoms with Crippen LogP contribution in [0.5, 0.6) is 0 Å². The molecule has 0 saturated carbocycles. The topological polar surface area (TPSA) is 69.5 Å². The van der Waals surface area contributed by atoms with Crippen LogP contribution in [0.4, 0.5) is 5.82 Å². The molecule has 0 radical (unpaired) electrons. The molecule has 2 aliphatic heterocycles. The highest BCUT2D eigenvalue weighted by molar-refractivity contribution is 5.77. The molecule has 2 aliphatic rings. The number of aryl methyl sites for hydroxylation is 1. The van der Waals surface area contributed by atoms with Gasteiger partial charge in [-0.3, -0.25) is 4.79 Å². The lowest BCUT2D eigenvalue weighted by Gasteiger charge is -2.47. The van der Waals surface area contributed by atoms with Gasteiger partial charge >= 0.3 is 0 Å². The standard InChI is InChI=1S/C20H28N4O2/c1-16-4-5-17(14-21)19(22-16)23-11-8-20(9-12-23)7-6-18(25)24(15-20)10-3-13-26-2/h4-5H,3,6-13,15H2,1-2H3. The summed E-state index contributed by atoms with van der Waals surface area (Å²) < 4.78 is 5.12. The number of likely N-dealkylation sites (tertiary alicyclic amines) is 1. The van der Waals surface area contributed by atoms with Crippen LogP contribution in [0.1, 0.15) is 43.4 Å². The summed E-state index contributed by atoms with van der Waals surface area (Å²) in [7, 11) is 1.70. The maximum atomic E-state index is 12.2. The predicted molar refractivity (Wildman–Crippen MR) is 99.9 cm³/mol. The Bertz CT molecular complexity index is 690. The van der Waals surface area contributed by atoms with Crippen molar-refractivity contribution in [1.29, 1.82) is 5.26 Å². The maximum Gasteiger partial charge on any atom is 0.222 e. The van der Waals surface area contributed by atoms with Crippen molar-refractivity contribution in [3.05, 3.63) is 23.4 Å². The van der Waals surface area contributed by atoms with Gasteiger partial charge in [-0.1, -0.05) is 0 Å². The average molecular weight is 356 g/mol. The molecule has 3 heterocycles. The van der Waals surface area contributed by atoms with Gasteiger partial charge < -0.3 is 14.5 Å². The predicted octanol–water partition coefficient (Wildman–Crippen LogP) is 2.51. The number of amides is 1. The lowest BCUT2D eigenvalue weighted by atomic mass is 9.72. The number of aromatic nitrogens is 1. The van der Waals surface area contributed by atoms with Crippen molar-refractivity contribution in [2.45, 2.75) is 39.0 Å². The minimum Gasteiger partial charge on any atom is -0.385 e. The number of carbonyl (C=O) groups is 1. The molecule has 1 aromatic rings. The minimum absolute atomic E-state index is 0.216. The van der Waals surface area contributed by atoms with Gasteiger partial charge in [-0.15, -0.1) is 0 Å². The number of nitrogens with zero attached hydrogens (tertiary/aromatic N) is 4. The van der Waals surface area contributed by atoms with E-state index in [0.717, 1.165) is 63.4 Å². The van der Waals surface area contributed by atoms with Crippen LogP contribution in [0, 0.1) is 23.7 Å². The van der Waals surface area contributed by atoms with Crippen molar-refractivity contribution in [1.82, 2.24) is 9.88 Å². The number of carbonyl (C=O) groups excluding carboxylic acids is 1. The minimum atomic E-state index is 0.216. The van der Waals surface area contributed by atoms with Crippen LogP contribution in [0.2, 0.25) is 0 Å². The Kier molecular flexibility index (Phi) is 5.77. The molecular weight excluding hydrogens is 328 g/mol. The summed E-state index contributed by atoms with van der Waals surface area (Å²) in [5.41, 5.74) is 1.80. The fourth-order valence-electron chi connectivity index (χ4n) is 4.18. The zero-order valence-electron chi connectivity index (χ0n) is 15.8. The zero-order chi connectivity index (χ0) is 18.6. The first-order valence-electron chi connectivity index (χ1n) is 9.46. The molecule has 0 atom stereocenters. The third-order valence-electron chi connectivity index (χ3n) is 5.78. The molecule has 0 N–H and O–H groups in total. The number of anilines is 1. The fraction of sp³-hybridized carbons (Fsp3) is 0.650. The van der Waals surface area contributed by atoms with E-state index in [4.69, 9.17) is 4.74 Å². The number of rotatable bonds is 5. The van der Waals surface area contributed by atoms with Crippen molar-refractivity contribution < 1.29 is 9.53 Å². The van der Waals surface area contributed by atoms with Crippen LogP contribution in [0.15, 0.2) is 12.1 Å². The highest BCUT2D eigenvalue weighted by atomic mass is 16.5. The summed E-state index contributed by atoms with van der Waals surface area (Å²) in [5.74, 6) is 1.09. The Labute approximate surface area is 155 Å². The lowest BCUT2D eigenvalue weighted by molar-refractivity contribution is -0.138. The fourth-order valence-corrected chi connectivity index (χ4v) is 4.18. The second-order valence-electron chi connectivity index (χ2n) is 7.58. The largest absolute Gasteiger partial charge is 0.385 e. The van der Waals surface area contributed by atoms with E-state index in [1.54, 1.807) is 7.11 Å². The molecule has 3 rings (SSSR count). The summed E-state index contributed by atoms with van der Waals surface area (Å²) in [5, 5.41) is 9.38. The third kappa shape index (κ3) is 3.99. The number of piperidine rings is 2. The number of ether oxygens (including phenoxy) is 1. The van der Waals surface area contributed by atoms with Crippen molar-refractivity contribution in [2.24, 2.45) is 5.41 Å². The van der Waals surface area contributed by atoms with E-state index in [1.807, 2.05) is 24.0 Å². The first kappa shape index (κ1) is 18.7. The summed E-state index contributed by atoms with van der Waals surface area (Å²) in [6.07, 6.45) is 4.61. The number of hydrogen-bond donors (Lipinski definition) is 0. The van der Waals surface area contributed by atoms with Gasteiger partial charge in [0.05, 0.1) is 5.56 Å². The van der Waals surface area contributed by atoms with Crippen LogP contribution in [-0.2, 0) is 9.53 Å². The summed E-state index contributed by atoms with van der Waals surface area (Å²) in [4.78, 5) is 21.1. The molecule has 6 heteroatoms. The van der Waals surface area contributed by atoms with E-state index in [0.29, 0.717) is 18.6 Å². The molecule has 1 amide bonds. The monoisotopic (exact) mass is 356 g/mol. The quantitative estimate of drug-likeness (QED) is 0.758. The van der Waals surface area contributed by atoms with Crippen LogP contribution >= 0.6 is 0 Å².